The lowest BCUT2D eigenvalue weighted by molar-refractivity contribution is -0.120. The molecule has 1 atom stereocenters. The summed E-state index contributed by atoms with van der Waals surface area (Å²) >= 11 is 13.3. The first-order chi connectivity index (χ1) is 15.9. The summed E-state index contributed by atoms with van der Waals surface area (Å²) in [6, 6.07) is 13.2. The molecule has 0 bridgehead atoms. The highest BCUT2D eigenvalue weighted by atomic mass is 35.5. The number of carbonyl (C=O) groups is 1. The van der Waals surface area contributed by atoms with Gasteiger partial charge in [0.1, 0.15) is 0 Å². The van der Waals surface area contributed by atoms with E-state index in [2.05, 4.69) is 32.6 Å². The fourth-order valence-electron chi connectivity index (χ4n) is 2.78. The van der Waals surface area contributed by atoms with E-state index in [4.69, 9.17) is 23.2 Å². The molecule has 0 aliphatic heterocycles. The molecule has 0 aliphatic carbocycles. The second-order valence-electron chi connectivity index (χ2n) is 7.18. The lowest BCUT2D eigenvalue weighted by Gasteiger charge is -2.12. The number of nitrogens with one attached hydrogen (secondary N) is 2. The van der Waals surface area contributed by atoms with Gasteiger partial charge in [-0.15, -0.1) is 16.8 Å². The molecule has 0 saturated heterocycles. The van der Waals surface area contributed by atoms with Crippen molar-refractivity contribution in [1.29, 1.82) is 0 Å². The standard InChI is InChI=1S/C23H24Cl2N6OS/c1-4-11-31-21(14-26-19-9-5-15(2)6-10-19)28-30-23(31)33-16(3)22(32)29-27-13-17-7-8-18(24)12-20(17)25/h4-10,12-13,16,26H,1,11,14H2,2-3H3,(H,29,32)/b27-13-/t16-/m0/s1. The first-order valence-corrected chi connectivity index (χ1v) is 11.8. The summed E-state index contributed by atoms with van der Waals surface area (Å²) in [5.74, 6) is 0.481. The summed E-state index contributed by atoms with van der Waals surface area (Å²) in [4.78, 5) is 12.5. The van der Waals surface area contributed by atoms with Gasteiger partial charge in [-0.3, -0.25) is 4.79 Å². The summed E-state index contributed by atoms with van der Waals surface area (Å²) < 4.78 is 1.93. The molecule has 1 amide bonds. The van der Waals surface area contributed by atoms with Gasteiger partial charge in [-0.25, -0.2) is 5.43 Å². The Labute approximate surface area is 207 Å². The third kappa shape index (κ3) is 7.08. The van der Waals surface area contributed by atoms with Crippen molar-refractivity contribution in [2.75, 3.05) is 5.32 Å². The molecular weight excluding hydrogens is 479 g/mol. The highest BCUT2D eigenvalue weighted by Crippen LogP contribution is 2.23. The second-order valence-corrected chi connectivity index (χ2v) is 9.33. The third-order valence-corrected chi connectivity index (χ3v) is 6.24. The number of hydrazone groups is 1. The molecule has 3 rings (SSSR count). The first-order valence-electron chi connectivity index (χ1n) is 10.2. The van der Waals surface area contributed by atoms with Crippen LogP contribution in [0, 0.1) is 6.92 Å². The van der Waals surface area contributed by atoms with Crippen LogP contribution in [-0.4, -0.2) is 32.1 Å². The zero-order chi connectivity index (χ0) is 23.8. The molecule has 33 heavy (non-hydrogen) atoms. The molecule has 0 saturated carbocycles. The highest BCUT2D eigenvalue weighted by Gasteiger charge is 2.19. The Bertz CT molecular complexity index is 1150. The lowest BCUT2D eigenvalue weighted by atomic mass is 10.2. The molecule has 2 aromatic carbocycles. The van der Waals surface area contributed by atoms with E-state index in [9.17, 15) is 4.79 Å². The monoisotopic (exact) mass is 502 g/mol. The smallest absolute Gasteiger partial charge is 0.253 e. The van der Waals surface area contributed by atoms with Gasteiger partial charge in [-0.1, -0.05) is 64.8 Å². The number of carbonyl (C=O) groups excluding carboxylic acids is 1. The van der Waals surface area contributed by atoms with Crippen molar-refractivity contribution in [2.45, 2.75) is 37.3 Å². The highest BCUT2D eigenvalue weighted by molar-refractivity contribution is 8.00. The number of allylic oxidation sites excluding steroid dienone is 1. The van der Waals surface area contributed by atoms with Gasteiger partial charge in [-0.2, -0.15) is 5.10 Å². The number of aromatic nitrogens is 3. The summed E-state index contributed by atoms with van der Waals surface area (Å²) in [5.41, 5.74) is 5.37. The number of rotatable bonds is 10. The van der Waals surface area contributed by atoms with Crippen LogP contribution < -0.4 is 10.7 Å². The molecule has 172 valence electrons. The van der Waals surface area contributed by atoms with E-state index >= 15 is 0 Å². The van der Waals surface area contributed by atoms with Crippen molar-refractivity contribution in [2.24, 2.45) is 5.10 Å². The summed E-state index contributed by atoms with van der Waals surface area (Å²) in [7, 11) is 0. The maximum atomic E-state index is 12.5. The van der Waals surface area contributed by atoms with Crippen molar-refractivity contribution < 1.29 is 4.79 Å². The summed E-state index contributed by atoms with van der Waals surface area (Å²) in [6.45, 7) is 8.67. The van der Waals surface area contributed by atoms with Crippen molar-refractivity contribution in [3.8, 4) is 0 Å². The van der Waals surface area contributed by atoms with Crippen LogP contribution in [0.2, 0.25) is 10.0 Å². The van der Waals surface area contributed by atoms with Gasteiger partial charge < -0.3 is 9.88 Å². The maximum absolute atomic E-state index is 12.5. The third-order valence-electron chi connectivity index (χ3n) is 4.60. The molecule has 0 aliphatic rings. The quantitative estimate of drug-likeness (QED) is 0.169. The summed E-state index contributed by atoms with van der Waals surface area (Å²) in [6.07, 6.45) is 3.25. The van der Waals surface area contributed by atoms with E-state index in [-0.39, 0.29) is 5.91 Å². The minimum absolute atomic E-state index is 0.270. The Morgan fingerprint density at radius 3 is 2.70 bits per heavy atom. The number of halogens is 2. The first kappa shape index (κ1) is 24.8. The average molecular weight is 503 g/mol. The van der Waals surface area contributed by atoms with Crippen LogP contribution in [0.3, 0.4) is 0 Å². The van der Waals surface area contributed by atoms with Crippen LogP contribution in [0.15, 0.2) is 65.4 Å². The van der Waals surface area contributed by atoms with Crippen LogP contribution in [-0.2, 0) is 17.9 Å². The van der Waals surface area contributed by atoms with E-state index in [1.807, 2.05) is 35.8 Å². The van der Waals surface area contributed by atoms with Crippen molar-refractivity contribution in [3.63, 3.8) is 0 Å². The number of aryl methyl sites for hydroxylation is 1. The predicted molar refractivity (Wildman–Crippen MR) is 136 cm³/mol. The topological polar surface area (TPSA) is 84.2 Å². The van der Waals surface area contributed by atoms with Crippen LogP contribution in [0.25, 0.3) is 0 Å². The van der Waals surface area contributed by atoms with E-state index < -0.39 is 5.25 Å². The normalized spacial score (nSPS) is 12.0. The Morgan fingerprint density at radius 1 is 1.24 bits per heavy atom. The minimum Gasteiger partial charge on any atom is -0.378 e. The van der Waals surface area contributed by atoms with Gasteiger partial charge in [0, 0.05) is 22.8 Å². The molecule has 0 radical (unpaired) electrons. The van der Waals surface area contributed by atoms with E-state index in [0.29, 0.717) is 33.9 Å². The minimum atomic E-state index is -0.450. The Kier molecular flexibility index (Phi) is 8.94. The SMILES string of the molecule is C=CCn1c(CNc2ccc(C)cc2)nnc1S[C@@H](C)C(=O)N/N=C\c1ccc(Cl)cc1Cl. The molecule has 0 unspecified atom stereocenters. The van der Waals surface area contributed by atoms with Gasteiger partial charge in [0.2, 0.25) is 0 Å². The van der Waals surface area contributed by atoms with Crippen molar-refractivity contribution >= 4 is 52.8 Å². The molecule has 7 nitrogen and oxygen atoms in total. The number of benzene rings is 2. The van der Waals surface area contributed by atoms with Crippen LogP contribution >= 0.6 is 35.0 Å². The Balaban J connectivity index is 1.61. The van der Waals surface area contributed by atoms with Gasteiger partial charge in [-0.05, 0) is 38.1 Å². The zero-order valence-corrected chi connectivity index (χ0v) is 20.6. The number of hydrogen-bond donors (Lipinski definition) is 2. The largest absolute Gasteiger partial charge is 0.378 e. The van der Waals surface area contributed by atoms with Crippen LogP contribution in [0.4, 0.5) is 5.69 Å². The van der Waals surface area contributed by atoms with E-state index in [1.54, 1.807) is 31.2 Å². The number of anilines is 1. The van der Waals surface area contributed by atoms with E-state index in [1.165, 1.54) is 23.5 Å². The van der Waals surface area contributed by atoms with Gasteiger partial charge >= 0.3 is 0 Å². The lowest BCUT2D eigenvalue weighted by Crippen LogP contribution is -2.27. The summed E-state index contributed by atoms with van der Waals surface area (Å²) in [5, 5.41) is 17.1. The van der Waals surface area contributed by atoms with Crippen molar-refractivity contribution in [3.05, 3.63) is 82.1 Å². The number of nitrogens with zero attached hydrogens (tertiary/aromatic N) is 4. The zero-order valence-electron chi connectivity index (χ0n) is 18.3. The molecule has 1 aromatic heterocycles. The Morgan fingerprint density at radius 2 is 2.00 bits per heavy atom. The van der Waals surface area contributed by atoms with Gasteiger partial charge in [0.25, 0.3) is 5.91 Å². The van der Waals surface area contributed by atoms with Crippen LogP contribution in [0.1, 0.15) is 23.9 Å². The second kappa shape index (κ2) is 11.9. The average Bonchev–Trinajstić information content (AvgIpc) is 3.16. The number of amides is 1. The molecule has 0 fully saturated rings. The van der Waals surface area contributed by atoms with Gasteiger partial charge in [0.15, 0.2) is 11.0 Å². The van der Waals surface area contributed by atoms with Crippen LogP contribution in [0.5, 0.6) is 0 Å². The number of thioether (sulfide) groups is 1. The maximum Gasteiger partial charge on any atom is 0.253 e. The number of hydrogen-bond acceptors (Lipinski definition) is 6. The Hall–Kier alpha value is -2.81. The molecule has 1 heterocycles. The fourth-order valence-corrected chi connectivity index (χ4v) is 4.10. The molecule has 2 N–H and O–H groups in total. The molecule has 10 heteroatoms. The molecular formula is C23H24Cl2N6OS. The van der Waals surface area contributed by atoms with Crippen molar-refractivity contribution in [1.82, 2.24) is 20.2 Å². The molecule has 0 spiro atoms. The fraction of sp³-hybridized carbons (Fsp3) is 0.217. The molecule has 3 aromatic rings. The van der Waals surface area contributed by atoms with Gasteiger partial charge in [0.05, 0.1) is 23.0 Å². The van der Waals surface area contributed by atoms with E-state index in [0.717, 1.165) is 11.5 Å². The predicted octanol–water partition coefficient (Wildman–Crippen LogP) is 5.32.